The van der Waals surface area contributed by atoms with Crippen molar-refractivity contribution in [1.29, 1.82) is 15.8 Å². The van der Waals surface area contributed by atoms with Gasteiger partial charge in [-0.2, -0.15) is 15.8 Å². The molecule has 4 nitrogen and oxygen atoms in total. The number of fused-ring (bicyclic) bond motifs is 4. The Morgan fingerprint density at radius 1 is 0.700 bits per heavy atom. The Bertz CT molecular complexity index is 1400. The van der Waals surface area contributed by atoms with Crippen molar-refractivity contribution in [3.8, 4) is 29.5 Å². The molecule has 0 atom stereocenters. The van der Waals surface area contributed by atoms with Crippen LogP contribution in [0.4, 0.5) is 0 Å². The second kappa shape index (κ2) is 6.71. The number of hydrogen-bond donors (Lipinski definition) is 0. The van der Waals surface area contributed by atoms with Crippen LogP contribution in [0.5, 0.6) is 0 Å². The normalized spacial score (nSPS) is 16.8. The molecule has 0 amide bonds. The van der Waals surface area contributed by atoms with Crippen LogP contribution in [0.3, 0.4) is 0 Å². The van der Waals surface area contributed by atoms with E-state index in [2.05, 4.69) is 23.2 Å². The number of allylic oxidation sites excluding steroid dienone is 5. The summed E-state index contributed by atoms with van der Waals surface area (Å²) in [6, 6.07) is 25.7. The zero-order valence-corrected chi connectivity index (χ0v) is 15.7. The van der Waals surface area contributed by atoms with Crippen LogP contribution in [0.15, 0.2) is 84.1 Å². The summed E-state index contributed by atoms with van der Waals surface area (Å²) >= 11 is 0. The lowest BCUT2D eigenvalue weighted by atomic mass is 9.89. The third-order valence-corrected chi connectivity index (χ3v) is 5.47. The van der Waals surface area contributed by atoms with Gasteiger partial charge in [-0.15, -0.1) is 0 Å². The standard InChI is InChI=1S/C26H12N4/c27-12-11-20-17-6-1-2-7-18(17)23(16(14-28)15-29)25(20)24-19-8-3-4-9-21(19)26-22(24)10-5-13-30-26/h1-11,13H/b20-11?,25-24+. The van der Waals surface area contributed by atoms with Crippen LogP contribution in [0.25, 0.3) is 28.0 Å². The number of benzene rings is 2. The monoisotopic (exact) mass is 380 g/mol. The van der Waals surface area contributed by atoms with E-state index in [1.165, 1.54) is 6.08 Å². The summed E-state index contributed by atoms with van der Waals surface area (Å²) in [5.74, 6) is 0. The average molecular weight is 380 g/mol. The van der Waals surface area contributed by atoms with Crippen molar-refractivity contribution < 1.29 is 0 Å². The molecule has 2 aliphatic rings. The number of aromatic nitrogens is 1. The van der Waals surface area contributed by atoms with Gasteiger partial charge < -0.3 is 0 Å². The Balaban J connectivity index is 2.02. The molecule has 0 saturated carbocycles. The van der Waals surface area contributed by atoms with Gasteiger partial charge in [-0.1, -0.05) is 54.6 Å². The molecule has 3 aromatic rings. The average Bonchev–Trinajstić information content (AvgIpc) is 3.28. The van der Waals surface area contributed by atoms with Gasteiger partial charge in [0.1, 0.15) is 17.7 Å². The summed E-state index contributed by atoms with van der Waals surface area (Å²) in [5.41, 5.74) is 8.33. The fourth-order valence-corrected chi connectivity index (χ4v) is 4.35. The summed E-state index contributed by atoms with van der Waals surface area (Å²) in [4.78, 5) is 4.59. The summed E-state index contributed by atoms with van der Waals surface area (Å²) in [6.45, 7) is 0. The minimum atomic E-state index is 0.0288. The highest BCUT2D eigenvalue weighted by Gasteiger charge is 2.36. The second-order valence-corrected chi connectivity index (χ2v) is 6.90. The van der Waals surface area contributed by atoms with Crippen LogP contribution in [0, 0.1) is 34.0 Å². The highest BCUT2D eigenvalue weighted by Crippen LogP contribution is 2.54. The van der Waals surface area contributed by atoms with Gasteiger partial charge in [-0.25, -0.2) is 0 Å². The Morgan fingerprint density at radius 2 is 1.33 bits per heavy atom. The maximum absolute atomic E-state index is 9.73. The predicted molar refractivity (Wildman–Crippen MR) is 114 cm³/mol. The Labute approximate surface area is 173 Å². The number of nitrogens with zero attached hydrogens (tertiary/aromatic N) is 4. The van der Waals surface area contributed by atoms with Crippen molar-refractivity contribution >= 4 is 16.7 Å². The van der Waals surface area contributed by atoms with E-state index in [1.807, 2.05) is 60.7 Å². The first-order valence-electron chi connectivity index (χ1n) is 9.34. The molecule has 2 aromatic carbocycles. The maximum Gasteiger partial charge on any atom is 0.138 e. The van der Waals surface area contributed by atoms with Crippen LogP contribution in [0.2, 0.25) is 0 Å². The van der Waals surface area contributed by atoms with Crippen molar-refractivity contribution in [2.75, 3.05) is 0 Å². The molecule has 5 rings (SSSR count). The van der Waals surface area contributed by atoms with Crippen LogP contribution < -0.4 is 0 Å². The van der Waals surface area contributed by atoms with E-state index in [9.17, 15) is 15.8 Å². The van der Waals surface area contributed by atoms with E-state index in [-0.39, 0.29) is 5.57 Å². The van der Waals surface area contributed by atoms with E-state index < -0.39 is 0 Å². The van der Waals surface area contributed by atoms with E-state index >= 15 is 0 Å². The Morgan fingerprint density at radius 3 is 2.03 bits per heavy atom. The van der Waals surface area contributed by atoms with Crippen LogP contribution >= 0.6 is 0 Å². The zero-order valence-electron chi connectivity index (χ0n) is 15.7. The van der Waals surface area contributed by atoms with Crippen LogP contribution in [0.1, 0.15) is 22.3 Å². The van der Waals surface area contributed by atoms with Crippen molar-refractivity contribution in [1.82, 2.24) is 4.98 Å². The third-order valence-electron chi connectivity index (χ3n) is 5.47. The van der Waals surface area contributed by atoms with Crippen LogP contribution in [-0.4, -0.2) is 4.98 Å². The van der Waals surface area contributed by atoms with E-state index in [0.717, 1.165) is 44.7 Å². The minimum absolute atomic E-state index is 0.0288. The molecule has 0 N–H and O–H groups in total. The Kier molecular flexibility index (Phi) is 3.89. The van der Waals surface area contributed by atoms with Gasteiger partial charge in [0.2, 0.25) is 0 Å². The molecule has 136 valence electrons. The molecular formula is C26H12N4. The number of rotatable bonds is 0. The van der Waals surface area contributed by atoms with Gasteiger partial charge in [0.25, 0.3) is 0 Å². The molecule has 1 heterocycles. The lowest BCUT2D eigenvalue weighted by Crippen LogP contribution is -1.94. The second-order valence-electron chi connectivity index (χ2n) is 6.90. The first kappa shape index (κ1) is 17.4. The van der Waals surface area contributed by atoms with Gasteiger partial charge in [0.05, 0.1) is 11.8 Å². The van der Waals surface area contributed by atoms with E-state index in [1.54, 1.807) is 6.20 Å². The first-order valence-corrected chi connectivity index (χ1v) is 9.34. The van der Waals surface area contributed by atoms with Gasteiger partial charge in [0.15, 0.2) is 0 Å². The molecule has 30 heavy (non-hydrogen) atoms. The number of hydrogen-bond acceptors (Lipinski definition) is 4. The zero-order chi connectivity index (χ0) is 20.7. The van der Waals surface area contributed by atoms with E-state index in [4.69, 9.17) is 0 Å². The first-order chi connectivity index (χ1) is 14.8. The maximum atomic E-state index is 9.73. The quantitative estimate of drug-likeness (QED) is 0.388. The molecule has 4 heteroatoms. The summed E-state index contributed by atoms with van der Waals surface area (Å²) in [5, 5.41) is 29.0. The summed E-state index contributed by atoms with van der Waals surface area (Å²) < 4.78 is 0. The van der Waals surface area contributed by atoms with Gasteiger partial charge >= 0.3 is 0 Å². The highest BCUT2D eigenvalue weighted by atomic mass is 14.7. The smallest absolute Gasteiger partial charge is 0.138 e. The number of pyridine rings is 1. The van der Waals surface area contributed by atoms with Gasteiger partial charge in [-0.3, -0.25) is 4.98 Å². The molecule has 0 aliphatic heterocycles. The predicted octanol–water partition coefficient (Wildman–Crippen LogP) is 5.29. The molecule has 1 aromatic heterocycles. The highest BCUT2D eigenvalue weighted by molar-refractivity contribution is 6.20. The van der Waals surface area contributed by atoms with Gasteiger partial charge in [0, 0.05) is 45.7 Å². The Hall–Kier alpha value is -4.72. The molecule has 2 aliphatic carbocycles. The molecule has 0 fully saturated rings. The van der Waals surface area contributed by atoms with Crippen LogP contribution in [-0.2, 0) is 0 Å². The van der Waals surface area contributed by atoms with E-state index in [0.29, 0.717) is 11.1 Å². The fraction of sp³-hybridized carbons (Fsp3) is 0. The molecular weight excluding hydrogens is 368 g/mol. The van der Waals surface area contributed by atoms with Crippen molar-refractivity contribution in [3.05, 3.63) is 106 Å². The minimum Gasteiger partial charge on any atom is -0.256 e. The molecule has 0 unspecified atom stereocenters. The van der Waals surface area contributed by atoms with Crippen molar-refractivity contribution in [3.63, 3.8) is 0 Å². The third kappa shape index (κ3) is 2.27. The summed E-state index contributed by atoms with van der Waals surface area (Å²) in [6.07, 6.45) is 3.25. The summed E-state index contributed by atoms with van der Waals surface area (Å²) in [7, 11) is 0. The fourth-order valence-electron chi connectivity index (χ4n) is 4.35. The number of nitriles is 3. The topological polar surface area (TPSA) is 84.3 Å². The van der Waals surface area contributed by atoms with Gasteiger partial charge in [-0.05, 0) is 22.8 Å². The lowest BCUT2D eigenvalue weighted by molar-refractivity contribution is 1.33. The molecule has 0 radical (unpaired) electrons. The SMILES string of the molecule is N#CC=C1/C(=C2/c3ccccc3-c3ncccc32)C(=C(C#N)C#N)c2ccccc21. The molecule has 0 saturated heterocycles. The van der Waals surface area contributed by atoms with Crippen molar-refractivity contribution in [2.45, 2.75) is 0 Å². The molecule has 0 bridgehead atoms. The van der Waals surface area contributed by atoms with Crippen molar-refractivity contribution in [2.24, 2.45) is 0 Å². The molecule has 0 spiro atoms. The largest absolute Gasteiger partial charge is 0.256 e. The lowest BCUT2D eigenvalue weighted by Gasteiger charge is -2.12.